The van der Waals surface area contributed by atoms with Crippen LogP contribution in [0.3, 0.4) is 0 Å². The summed E-state index contributed by atoms with van der Waals surface area (Å²) in [5.74, 6) is 0.199. The molecule has 0 radical (unpaired) electrons. The number of Topliss-reactive ketones (excluding diaryl/α,β-unsaturated/α-hetero) is 1. The molecule has 0 aliphatic heterocycles. The van der Waals surface area contributed by atoms with Crippen LogP contribution in [0.25, 0.3) is 0 Å². The fraction of sp³-hybridized carbons (Fsp3) is 0.810. The summed E-state index contributed by atoms with van der Waals surface area (Å²) in [7, 11) is 0. The molecule has 0 spiro atoms. The maximum absolute atomic E-state index is 13.6. The fourth-order valence-corrected chi connectivity index (χ4v) is 12.6. The topological polar surface area (TPSA) is 104 Å². The standard InChI is InChI=1S/C42H66O6/c1-13-24(3)30(44)21-28-35(48-36(47)25(4)14-2)42(23-43)29(22-37(28,6)7)27-15-16-32-39(10)19-17-26(5)38(8,9)31(39)18-20-40(32,11)41(27,12)33(45)34(42)46/h13-15,26,28-29,31-35,43,45-46H,16-23H2,1-12H3/b24-13-,25-14-/t26-,28-,29?,31?,32?,33-,34+,35-,39-,40+,41-,42-/m0/s1. The van der Waals surface area contributed by atoms with Gasteiger partial charge in [-0.05, 0) is 117 Å². The first-order valence-electron chi connectivity index (χ1n) is 18.8. The van der Waals surface area contributed by atoms with Crippen LogP contribution in [0.2, 0.25) is 0 Å². The first-order valence-corrected chi connectivity index (χ1v) is 18.8. The summed E-state index contributed by atoms with van der Waals surface area (Å²) in [5, 5.41) is 36.9. The number of esters is 1. The SMILES string of the molecule is C/C=C(/C)C(=O)C[C@H]1[C@H](OC(=O)/C(C)=C\C)[C@@]2(CO)C(CC1(C)C)C1=CCC3[C@@]4(C)CC[C@H](C)C(C)(C)C4CC[C@@]3(C)[C@]1(C)[C@@H](O)[C@H]2O. The first-order chi connectivity index (χ1) is 22.2. The van der Waals surface area contributed by atoms with Crippen LogP contribution in [0.4, 0.5) is 0 Å². The van der Waals surface area contributed by atoms with Crippen molar-refractivity contribution in [2.75, 3.05) is 6.61 Å². The minimum atomic E-state index is -1.37. The van der Waals surface area contributed by atoms with Gasteiger partial charge in [0.15, 0.2) is 5.78 Å². The number of hydrogen-bond acceptors (Lipinski definition) is 6. The molecule has 5 aliphatic rings. The Morgan fingerprint density at radius 1 is 0.917 bits per heavy atom. The third-order valence-corrected chi connectivity index (χ3v) is 16.6. The Morgan fingerprint density at radius 3 is 2.12 bits per heavy atom. The van der Waals surface area contributed by atoms with Gasteiger partial charge in [0.1, 0.15) is 6.10 Å². The van der Waals surface area contributed by atoms with E-state index in [4.69, 9.17) is 4.74 Å². The van der Waals surface area contributed by atoms with Crippen molar-refractivity contribution in [3.05, 3.63) is 34.9 Å². The summed E-state index contributed by atoms with van der Waals surface area (Å²) < 4.78 is 6.42. The Bertz CT molecular complexity index is 1400. The molecular formula is C42H66O6. The third kappa shape index (κ3) is 4.88. The lowest BCUT2D eigenvalue weighted by Gasteiger charge is -2.73. The predicted octanol–water partition coefficient (Wildman–Crippen LogP) is 8.00. The number of carbonyl (C=O) groups excluding carboxylic acids is 2. The highest BCUT2D eigenvalue weighted by Gasteiger charge is 2.75. The summed E-state index contributed by atoms with van der Waals surface area (Å²) in [5.41, 5.74) is -0.377. The van der Waals surface area contributed by atoms with Crippen LogP contribution in [0, 0.1) is 62.1 Å². The number of carbonyl (C=O) groups is 2. The number of rotatable bonds is 6. The van der Waals surface area contributed by atoms with E-state index in [-0.39, 0.29) is 34.4 Å². The normalized spacial score (nSPS) is 46.7. The minimum absolute atomic E-state index is 0.0384. The highest BCUT2D eigenvalue weighted by Crippen LogP contribution is 2.76. The van der Waals surface area contributed by atoms with Crippen LogP contribution >= 0.6 is 0 Å². The molecule has 5 rings (SSSR count). The van der Waals surface area contributed by atoms with E-state index >= 15 is 0 Å². The van der Waals surface area contributed by atoms with E-state index in [0.29, 0.717) is 35.3 Å². The molecule has 5 aliphatic carbocycles. The molecule has 0 aromatic carbocycles. The Balaban J connectivity index is 1.69. The minimum Gasteiger partial charge on any atom is -0.458 e. The van der Waals surface area contributed by atoms with Crippen LogP contribution < -0.4 is 0 Å². The lowest BCUT2D eigenvalue weighted by Crippen LogP contribution is -2.75. The van der Waals surface area contributed by atoms with E-state index in [1.165, 1.54) is 12.8 Å². The van der Waals surface area contributed by atoms with Gasteiger partial charge in [0.25, 0.3) is 0 Å². The van der Waals surface area contributed by atoms with Gasteiger partial charge in [0.05, 0.1) is 24.2 Å². The van der Waals surface area contributed by atoms with Crippen molar-refractivity contribution in [3.8, 4) is 0 Å². The Morgan fingerprint density at radius 2 is 1.54 bits per heavy atom. The average molecular weight is 667 g/mol. The van der Waals surface area contributed by atoms with Crippen LogP contribution in [0.15, 0.2) is 34.9 Å². The maximum atomic E-state index is 13.6. The molecule has 4 fully saturated rings. The second-order valence-corrected chi connectivity index (χ2v) is 18.8. The zero-order valence-electron chi connectivity index (χ0n) is 32.1. The molecular weight excluding hydrogens is 600 g/mol. The van der Waals surface area contributed by atoms with Crippen LogP contribution in [0.5, 0.6) is 0 Å². The van der Waals surface area contributed by atoms with Gasteiger partial charge in [-0.1, -0.05) is 79.2 Å². The summed E-state index contributed by atoms with van der Waals surface area (Å²) in [4.78, 5) is 27.1. The lowest BCUT2D eigenvalue weighted by atomic mass is 9.32. The Kier molecular flexibility index (Phi) is 9.52. The molecule has 0 saturated heterocycles. The van der Waals surface area contributed by atoms with Gasteiger partial charge in [-0.25, -0.2) is 4.79 Å². The Labute approximate surface area is 290 Å². The summed E-state index contributed by atoms with van der Waals surface area (Å²) in [6.45, 7) is 25.3. The van der Waals surface area contributed by atoms with Gasteiger partial charge in [-0.15, -0.1) is 0 Å². The Hall–Kier alpha value is -1.76. The monoisotopic (exact) mass is 666 g/mol. The summed E-state index contributed by atoms with van der Waals surface area (Å²) in [6.07, 6.45) is 8.37. The second-order valence-electron chi connectivity index (χ2n) is 18.8. The summed E-state index contributed by atoms with van der Waals surface area (Å²) >= 11 is 0. The van der Waals surface area contributed by atoms with Crippen molar-refractivity contribution >= 4 is 11.8 Å². The van der Waals surface area contributed by atoms with Gasteiger partial charge in [-0.2, -0.15) is 0 Å². The third-order valence-electron chi connectivity index (χ3n) is 16.6. The van der Waals surface area contributed by atoms with E-state index in [0.717, 1.165) is 24.8 Å². The van der Waals surface area contributed by atoms with Crippen molar-refractivity contribution in [1.82, 2.24) is 0 Å². The van der Waals surface area contributed by atoms with Crippen molar-refractivity contribution < 1.29 is 29.6 Å². The largest absolute Gasteiger partial charge is 0.458 e. The average Bonchev–Trinajstić information content (AvgIpc) is 3.03. The molecule has 0 aromatic heterocycles. The number of ketones is 1. The van der Waals surface area contributed by atoms with Gasteiger partial charge < -0.3 is 20.1 Å². The molecule has 3 N–H and O–H groups in total. The van der Waals surface area contributed by atoms with Gasteiger partial charge in [0, 0.05) is 23.3 Å². The van der Waals surface area contributed by atoms with Crippen LogP contribution in [-0.4, -0.2) is 52.0 Å². The number of allylic oxidation sites excluding steroid dienone is 4. The molecule has 6 nitrogen and oxygen atoms in total. The van der Waals surface area contributed by atoms with Crippen LogP contribution in [-0.2, 0) is 14.3 Å². The van der Waals surface area contributed by atoms with E-state index in [2.05, 4.69) is 61.5 Å². The zero-order chi connectivity index (χ0) is 36.0. The fourth-order valence-electron chi connectivity index (χ4n) is 12.6. The quantitative estimate of drug-likeness (QED) is 0.151. The number of hydrogen-bond donors (Lipinski definition) is 3. The molecule has 0 amide bonds. The van der Waals surface area contributed by atoms with Crippen molar-refractivity contribution in [2.24, 2.45) is 62.1 Å². The molecule has 0 aromatic rings. The molecule has 6 heteroatoms. The zero-order valence-corrected chi connectivity index (χ0v) is 32.1. The van der Waals surface area contributed by atoms with Crippen molar-refractivity contribution in [3.63, 3.8) is 0 Å². The van der Waals surface area contributed by atoms with Gasteiger partial charge >= 0.3 is 5.97 Å². The smallest absolute Gasteiger partial charge is 0.333 e. The maximum Gasteiger partial charge on any atom is 0.333 e. The molecule has 3 unspecified atom stereocenters. The number of fused-ring (bicyclic) bond motifs is 7. The summed E-state index contributed by atoms with van der Waals surface area (Å²) in [6, 6.07) is 0. The van der Waals surface area contributed by atoms with Crippen molar-refractivity contribution in [2.45, 2.75) is 146 Å². The van der Waals surface area contributed by atoms with Gasteiger partial charge in [0.2, 0.25) is 0 Å². The molecule has 0 bridgehead atoms. The van der Waals surface area contributed by atoms with Gasteiger partial charge in [-0.3, -0.25) is 4.79 Å². The highest BCUT2D eigenvalue weighted by atomic mass is 16.5. The van der Waals surface area contributed by atoms with E-state index in [9.17, 15) is 24.9 Å². The van der Waals surface area contributed by atoms with E-state index in [1.54, 1.807) is 32.9 Å². The molecule has 0 heterocycles. The number of aliphatic hydroxyl groups excluding tert-OH is 3. The first kappa shape index (κ1) is 37.5. The molecule has 48 heavy (non-hydrogen) atoms. The number of aliphatic hydroxyl groups is 3. The highest BCUT2D eigenvalue weighted by molar-refractivity contribution is 5.95. The molecule has 12 atom stereocenters. The van der Waals surface area contributed by atoms with E-state index < -0.39 is 53.1 Å². The lowest BCUT2D eigenvalue weighted by molar-refractivity contribution is -0.282. The second kappa shape index (κ2) is 12.2. The molecule has 270 valence electrons. The predicted molar refractivity (Wildman–Crippen MR) is 191 cm³/mol. The van der Waals surface area contributed by atoms with Crippen LogP contribution in [0.1, 0.15) is 128 Å². The molecule has 4 saturated carbocycles. The number of ether oxygens (including phenoxy) is 1. The van der Waals surface area contributed by atoms with Crippen molar-refractivity contribution in [1.29, 1.82) is 0 Å². The van der Waals surface area contributed by atoms with E-state index in [1.807, 2.05) is 6.92 Å².